The number of allylic oxidation sites excluding steroid dienone is 2. The molecule has 2 aromatic heterocycles. The van der Waals surface area contributed by atoms with Crippen LogP contribution in [-0.4, -0.2) is 25.2 Å². The van der Waals surface area contributed by atoms with Crippen molar-refractivity contribution in [1.82, 2.24) is 25.2 Å². The SMILES string of the molecule is CC1=CC(c2cncs2)n2nnnc2N1Cc1ccccc1. The number of benzene rings is 1. The molecule has 6 nitrogen and oxygen atoms in total. The number of rotatable bonds is 3. The van der Waals surface area contributed by atoms with Crippen LogP contribution in [0.2, 0.25) is 0 Å². The van der Waals surface area contributed by atoms with E-state index in [2.05, 4.69) is 50.5 Å². The smallest absolute Gasteiger partial charge is 0.250 e. The lowest BCUT2D eigenvalue weighted by molar-refractivity contribution is 0.564. The zero-order valence-electron chi connectivity index (χ0n) is 12.0. The number of anilines is 1. The van der Waals surface area contributed by atoms with Gasteiger partial charge in [0, 0.05) is 11.9 Å². The summed E-state index contributed by atoms with van der Waals surface area (Å²) in [5.74, 6) is 0.766. The van der Waals surface area contributed by atoms with Crippen LogP contribution in [0, 0.1) is 0 Å². The first-order valence-electron chi connectivity index (χ1n) is 6.99. The summed E-state index contributed by atoms with van der Waals surface area (Å²) in [5.41, 5.74) is 4.20. The van der Waals surface area contributed by atoms with Crippen LogP contribution in [-0.2, 0) is 6.54 Å². The number of thiazole rings is 1. The quantitative estimate of drug-likeness (QED) is 0.744. The standard InChI is InChI=1S/C15H14N6S/c1-11-7-13(14-8-16-10-22-14)21-15(17-18-19-21)20(11)9-12-5-3-2-4-6-12/h2-8,10,13H,9H2,1H3. The van der Waals surface area contributed by atoms with E-state index in [4.69, 9.17) is 0 Å². The molecule has 110 valence electrons. The van der Waals surface area contributed by atoms with Crippen molar-refractivity contribution in [2.75, 3.05) is 4.90 Å². The third-order valence-electron chi connectivity index (χ3n) is 3.73. The molecule has 0 radical (unpaired) electrons. The maximum absolute atomic E-state index is 4.22. The van der Waals surface area contributed by atoms with Gasteiger partial charge in [0.05, 0.1) is 16.9 Å². The Bertz CT molecular complexity index is 793. The van der Waals surface area contributed by atoms with Gasteiger partial charge in [0.1, 0.15) is 6.04 Å². The van der Waals surface area contributed by atoms with Crippen molar-refractivity contribution in [3.05, 3.63) is 64.3 Å². The molecule has 22 heavy (non-hydrogen) atoms. The highest BCUT2D eigenvalue weighted by molar-refractivity contribution is 7.09. The predicted octanol–water partition coefficient (Wildman–Crippen LogP) is 2.64. The van der Waals surface area contributed by atoms with Crippen molar-refractivity contribution >= 4 is 17.3 Å². The lowest BCUT2D eigenvalue weighted by atomic mass is 10.1. The molecule has 0 bridgehead atoms. The number of hydrogen-bond donors (Lipinski definition) is 0. The molecule has 0 saturated heterocycles. The topological polar surface area (TPSA) is 59.7 Å². The second kappa shape index (κ2) is 5.34. The summed E-state index contributed by atoms with van der Waals surface area (Å²) in [7, 11) is 0. The van der Waals surface area contributed by atoms with Gasteiger partial charge in [0.15, 0.2) is 0 Å². The minimum Gasteiger partial charge on any atom is -0.309 e. The van der Waals surface area contributed by atoms with Gasteiger partial charge in [-0.15, -0.1) is 11.3 Å². The maximum atomic E-state index is 4.22. The second-order valence-electron chi connectivity index (χ2n) is 5.15. The first-order chi connectivity index (χ1) is 10.8. The highest BCUT2D eigenvalue weighted by atomic mass is 32.1. The van der Waals surface area contributed by atoms with Gasteiger partial charge in [0.25, 0.3) is 5.95 Å². The summed E-state index contributed by atoms with van der Waals surface area (Å²) < 4.78 is 1.85. The molecule has 1 aliphatic heterocycles. The van der Waals surface area contributed by atoms with Crippen molar-refractivity contribution in [2.45, 2.75) is 19.5 Å². The predicted molar refractivity (Wildman–Crippen MR) is 84.5 cm³/mol. The monoisotopic (exact) mass is 310 g/mol. The van der Waals surface area contributed by atoms with Crippen molar-refractivity contribution in [3.63, 3.8) is 0 Å². The molecule has 0 fully saturated rings. The summed E-state index contributed by atoms with van der Waals surface area (Å²) in [6.07, 6.45) is 4.05. The molecule has 4 rings (SSSR count). The lowest BCUT2D eigenvalue weighted by Crippen LogP contribution is -2.30. The third kappa shape index (κ3) is 2.19. The van der Waals surface area contributed by atoms with Gasteiger partial charge >= 0.3 is 0 Å². The Labute approximate surface area is 131 Å². The highest BCUT2D eigenvalue weighted by Gasteiger charge is 2.28. The summed E-state index contributed by atoms with van der Waals surface area (Å²) >= 11 is 1.61. The number of hydrogen-bond acceptors (Lipinski definition) is 6. The molecule has 7 heteroatoms. The van der Waals surface area contributed by atoms with Crippen LogP contribution in [0.15, 0.2) is 53.8 Å². The third-order valence-corrected chi connectivity index (χ3v) is 4.58. The molecule has 0 spiro atoms. The Morgan fingerprint density at radius 3 is 2.86 bits per heavy atom. The van der Waals surface area contributed by atoms with Crippen LogP contribution >= 0.6 is 11.3 Å². The second-order valence-corrected chi connectivity index (χ2v) is 6.07. The van der Waals surface area contributed by atoms with Crippen LogP contribution < -0.4 is 4.90 Å². The van der Waals surface area contributed by atoms with E-state index in [1.165, 1.54) is 5.56 Å². The molecule has 3 aromatic rings. The lowest BCUT2D eigenvalue weighted by Gasteiger charge is -2.30. The van der Waals surface area contributed by atoms with Crippen molar-refractivity contribution in [2.24, 2.45) is 0 Å². The molecular weight excluding hydrogens is 296 g/mol. The van der Waals surface area contributed by atoms with E-state index in [0.717, 1.165) is 23.1 Å². The first-order valence-corrected chi connectivity index (χ1v) is 7.87. The summed E-state index contributed by atoms with van der Waals surface area (Å²) in [5, 5.41) is 12.2. The fraction of sp³-hybridized carbons (Fsp3) is 0.200. The van der Waals surface area contributed by atoms with Crippen LogP contribution in [0.4, 0.5) is 5.95 Å². The maximum Gasteiger partial charge on any atom is 0.250 e. The fourth-order valence-corrected chi connectivity index (χ4v) is 3.30. The molecule has 1 atom stereocenters. The molecule has 0 N–H and O–H groups in total. The zero-order chi connectivity index (χ0) is 14.9. The van der Waals surface area contributed by atoms with Crippen molar-refractivity contribution in [3.8, 4) is 0 Å². The van der Waals surface area contributed by atoms with Crippen molar-refractivity contribution in [1.29, 1.82) is 0 Å². The van der Waals surface area contributed by atoms with Gasteiger partial charge in [0.2, 0.25) is 0 Å². The van der Waals surface area contributed by atoms with Crippen LogP contribution in [0.25, 0.3) is 0 Å². The first kappa shape index (κ1) is 13.1. The molecule has 1 aromatic carbocycles. The van der Waals surface area contributed by atoms with Crippen LogP contribution in [0.3, 0.4) is 0 Å². The van der Waals surface area contributed by atoms with Gasteiger partial charge in [-0.05, 0) is 29.0 Å². The summed E-state index contributed by atoms with van der Waals surface area (Å²) in [6, 6.07) is 10.3. The molecule has 0 amide bonds. The summed E-state index contributed by atoms with van der Waals surface area (Å²) in [6.45, 7) is 2.84. The number of aromatic nitrogens is 5. The molecule has 0 aliphatic carbocycles. The van der Waals surface area contributed by atoms with E-state index in [9.17, 15) is 0 Å². The Kier molecular flexibility index (Phi) is 3.19. The number of nitrogens with zero attached hydrogens (tertiary/aromatic N) is 6. The molecule has 3 heterocycles. The molecule has 1 unspecified atom stereocenters. The Balaban J connectivity index is 1.72. The number of fused-ring (bicyclic) bond motifs is 1. The van der Waals surface area contributed by atoms with E-state index in [-0.39, 0.29) is 6.04 Å². The minimum atomic E-state index is 0.0181. The van der Waals surface area contributed by atoms with E-state index < -0.39 is 0 Å². The van der Waals surface area contributed by atoms with Crippen LogP contribution in [0.5, 0.6) is 0 Å². The van der Waals surface area contributed by atoms with E-state index in [0.29, 0.717) is 0 Å². The van der Waals surface area contributed by atoms with Gasteiger partial charge < -0.3 is 4.90 Å². The zero-order valence-corrected chi connectivity index (χ0v) is 12.8. The minimum absolute atomic E-state index is 0.0181. The van der Waals surface area contributed by atoms with Crippen molar-refractivity contribution < 1.29 is 0 Å². The molecule has 1 aliphatic rings. The van der Waals surface area contributed by atoms with E-state index in [1.807, 2.05) is 34.6 Å². The van der Waals surface area contributed by atoms with E-state index >= 15 is 0 Å². The van der Waals surface area contributed by atoms with Gasteiger partial charge in [-0.25, -0.2) is 0 Å². The average Bonchev–Trinajstić information content (AvgIpc) is 3.22. The average molecular weight is 310 g/mol. The Morgan fingerprint density at radius 2 is 2.09 bits per heavy atom. The van der Waals surface area contributed by atoms with Gasteiger partial charge in [-0.3, -0.25) is 4.98 Å². The molecule has 0 saturated carbocycles. The highest BCUT2D eigenvalue weighted by Crippen LogP contribution is 2.33. The Hall–Kier alpha value is -2.54. The normalized spacial score (nSPS) is 17.2. The van der Waals surface area contributed by atoms with Gasteiger partial charge in [-0.2, -0.15) is 4.68 Å². The fourth-order valence-electron chi connectivity index (χ4n) is 2.63. The number of tetrazole rings is 1. The van der Waals surface area contributed by atoms with Gasteiger partial charge in [-0.1, -0.05) is 35.4 Å². The summed E-state index contributed by atoms with van der Waals surface area (Å²) in [4.78, 5) is 7.42. The van der Waals surface area contributed by atoms with Crippen LogP contribution in [0.1, 0.15) is 23.4 Å². The van der Waals surface area contributed by atoms with E-state index in [1.54, 1.807) is 11.3 Å². The largest absolute Gasteiger partial charge is 0.309 e. The Morgan fingerprint density at radius 1 is 1.23 bits per heavy atom. The molecular formula is C15H14N6S.